The van der Waals surface area contributed by atoms with Crippen molar-refractivity contribution in [1.29, 1.82) is 0 Å². The van der Waals surface area contributed by atoms with Gasteiger partial charge < -0.3 is 14.6 Å². The van der Waals surface area contributed by atoms with Crippen LogP contribution in [-0.2, 0) is 19.1 Å². The first-order chi connectivity index (χ1) is 14.7. The molecule has 31 heavy (non-hydrogen) atoms. The van der Waals surface area contributed by atoms with Gasteiger partial charge in [-0.25, -0.2) is 0 Å². The Hall–Kier alpha value is -0.940. The summed E-state index contributed by atoms with van der Waals surface area (Å²) >= 11 is 0. The van der Waals surface area contributed by atoms with Gasteiger partial charge in [-0.05, 0) is 85.9 Å². The average molecular weight is 435 g/mol. The standard InChI is InChI=1S/C26H42O5/c1-15(6-9-23(29)31-5)18-7-8-19-24-20(14-22(28)26(18,19)3)25(2)11-10-17(27)12-16(25)13-21(24)30-4/h15-21,24,27H,6-14H2,1-5H3/t15-,16+,17-,18-,19+,20+,21-,24+,25+,26-/m1/s1. The summed E-state index contributed by atoms with van der Waals surface area (Å²) in [7, 11) is 3.28. The van der Waals surface area contributed by atoms with Crippen LogP contribution in [0.15, 0.2) is 0 Å². The van der Waals surface area contributed by atoms with Crippen molar-refractivity contribution in [1.82, 2.24) is 0 Å². The fourth-order valence-corrected chi connectivity index (χ4v) is 8.73. The normalized spacial score (nSPS) is 47.8. The van der Waals surface area contributed by atoms with Crippen molar-refractivity contribution in [3.05, 3.63) is 0 Å². The summed E-state index contributed by atoms with van der Waals surface area (Å²) in [4.78, 5) is 25.6. The summed E-state index contributed by atoms with van der Waals surface area (Å²) in [5.74, 6) is 2.51. The summed E-state index contributed by atoms with van der Waals surface area (Å²) in [6.45, 7) is 6.85. The number of esters is 1. The Kier molecular flexibility index (Phi) is 6.33. The zero-order valence-corrected chi connectivity index (χ0v) is 20.1. The second-order valence-electron chi connectivity index (χ2n) is 11.6. The van der Waals surface area contributed by atoms with Crippen molar-refractivity contribution in [3.8, 4) is 0 Å². The molecule has 4 rings (SSSR count). The molecule has 4 aliphatic rings. The van der Waals surface area contributed by atoms with E-state index >= 15 is 0 Å². The molecule has 4 fully saturated rings. The molecule has 5 nitrogen and oxygen atoms in total. The Labute approximate surface area is 187 Å². The largest absolute Gasteiger partial charge is 0.469 e. The van der Waals surface area contributed by atoms with Crippen LogP contribution in [0.1, 0.15) is 78.6 Å². The molecule has 0 heterocycles. The van der Waals surface area contributed by atoms with Crippen LogP contribution in [0.25, 0.3) is 0 Å². The minimum Gasteiger partial charge on any atom is -0.469 e. The van der Waals surface area contributed by atoms with Crippen LogP contribution in [0.5, 0.6) is 0 Å². The SMILES string of the molecule is COC(=O)CC[C@@H](C)[C@H]1CC[C@H]2[C@@H]3[C@H](OC)C[C@@H]4C[C@H](O)CC[C@]4(C)[C@H]3CC(=O)[C@]12C. The van der Waals surface area contributed by atoms with Crippen LogP contribution < -0.4 is 0 Å². The molecule has 176 valence electrons. The van der Waals surface area contributed by atoms with Gasteiger partial charge in [0.05, 0.1) is 19.3 Å². The molecule has 0 aromatic heterocycles. The number of fused-ring (bicyclic) bond motifs is 5. The average Bonchev–Trinajstić information content (AvgIpc) is 3.11. The second-order valence-corrected chi connectivity index (χ2v) is 11.6. The van der Waals surface area contributed by atoms with Crippen LogP contribution in [0.2, 0.25) is 0 Å². The number of rotatable bonds is 5. The zero-order chi connectivity index (χ0) is 22.6. The van der Waals surface area contributed by atoms with Gasteiger partial charge in [0.15, 0.2) is 0 Å². The summed E-state index contributed by atoms with van der Waals surface area (Å²) in [6.07, 6.45) is 7.72. The highest BCUT2D eigenvalue weighted by molar-refractivity contribution is 5.87. The van der Waals surface area contributed by atoms with Crippen molar-refractivity contribution in [2.45, 2.75) is 90.8 Å². The van der Waals surface area contributed by atoms with Gasteiger partial charge in [0.1, 0.15) is 5.78 Å². The molecule has 5 heteroatoms. The predicted octanol–water partition coefficient (Wildman–Crippen LogP) is 4.40. The number of methoxy groups -OCH3 is 2. The molecule has 0 radical (unpaired) electrons. The fourth-order valence-electron chi connectivity index (χ4n) is 8.73. The number of ketones is 1. The molecule has 4 aliphatic carbocycles. The number of carbonyl (C=O) groups excluding carboxylic acids is 2. The highest BCUT2D eigenvalue weighted by Crippen LogP contribution is 2.67. The second kappa shape index (κ2) is 8.44. The Morgan fingerprint density at radius 3 is 2.58 bits per heavy atom. The molecule has 0 unspecified atom stereocenters. The fraction of sp³-hybridized carbons (Fsp3) is 0.923. The molecular formula is C26H42O5. The molecular weight excluding hydrogens is 392 g/mol. The number of Topliss-reactive ketones (excluding diaryl/α,β-unsaturated/α-hetero) is 1. The lowest BCUT2D eigenvalue weighted by atomic mass is 9.43. The van der Waals surface area contributed by atoms with E-state index < -0.39 is 0 Å². The number of ether oxygens (including phenoxy) is 2. The Balaban J connectivity index is 1.61. The number of hydrogen-bond acceptors (Lipinski definition) is 5. The van der Waals surface area contributed by atoms with E-state index in [0.29, 0.717) is 54.1 Å². The van der Waals surface area contributed by atoms with E-state index in [1.807, 2.05) is 7.11 Å². The van der Waals surface area contributed by atoms with Gasteiger partial charge in [0, 0.05) is 25.4 Å². The predicted molar refractivity (Wildman–Crippen MR) is 118 cm³/mol. The van der Waals surface area contributed by atoms with Crippen molar-refractivity contribution in [2.75, 3.05) is 14.2 Å². The highest BCUT2D eigenvalue weighted by atomic mass is 16.5. The van der Waals surface area contributed by atoms with Crippen LogP contribution in [0, 0.1) is 46.3 Å². The molecule has 0 spiro atoms. The van der Waals surface area contributed by atoms with Gasteiger partial charge in [-0.15, -0.1) is 0 Å². The van der Waals surface area contributed by atoms with E-state index in [1.165, 1.54) is 7.11 Å². The van der Waals surface area contributed by atoms with Crippen LogP contribution in [0.3, 0.4) is 0 Å². The number of aliphatic hydroxyl groups excluding tert-OH is 1. The van der Waals surface area contributed by atoms with Gasteiger partial charge in [-0.2, -0.15) is 0 Å². The first kappa shape index (κ1) is 23.2. The van der Waals surface area contributed by atoms with Gasteiger partial charge in [0.25, 0.3) is 0 Å². The van der Waals surface area contributed by atoms with E-state index in [-0.39, 0.29) is 29.0 Å². The van der Waals surface area contributed by atoms with E-state index in [2.05, 4.69) is 20.8 Å². The topological polar surface area (TPSA) is 72.8 Å². The Morgan fingerprint density at radius 2 is 1.90 bits per heavy atom. The molecule has 0 saturated heterocycles. The maximum atomic E-state index is 13.9. The van der Waals surface area contributed by atoms with Crippen LogP contribution >= 0.6 is 0 Å². The van der Waals surface area contributed by atoms with Crippen LogP contribution in [0.4, 0.5) is 0 Å². The van der Waals surface area contributed by atoms with Crippen molar-refractivity contribution in [2.24, 2.45) is 46.3 Å². The maximum absolute atomic E-state index is 13.9. The zero-order valence-electron chi connectivity index (χ0n) is 20.1. The summed E-state index contributed by atoms with van der Waals surface area (Å²) < 4.78 is 11.0. The van der Waals surface area contributed by atoms with Crippen molar-refractivity contribution in [3.63, 3.8) is 0 Å². The van der Waals surface area contributed by atoms with Crippen LogP contribution in [-0.4, -0.2) is 43.3 Å². The van der Waals surface area contributed by atoms with Crippen molar-refractivity contribution >= 4 is 11.8 Å². The number of hydrogen-bond donors (Lipinski definition) is 1. The Morgan fingerprint density at radius 1 is 1.16 bits per heavy atom. The quantitative estimate of drug-likeness (QED) is 0.649. The molecule has 4 saturated carbocycles. The molecule has 1 N–H and O–H groups in total. The van der Waals surface area contributed by atoms with E-state index in [9.17, 15) is 14.7 Å². The third-order valence-corrected chi connectivity index (χ3v) is 10.6. The maximum Gasteiger partial charge on any atom is 0.305 e. The summed E-state index contributed by atoms with van der Waals surface area (Å²) in [6, 6.07) is 0. The summed E-state index contributed by atoms with van der Waals surface area (Å²) in [5.41, 5.74) is -0.185. The molecule has 0 bridgehead atoms. The van der Waals surface area contributed by atoms with Gasteiger partial charge in [-0.1, -0.05) is 20.8 Å². The summed E-state index contributed by atoms with van der Waals surface area (Å²) in [5, 5.41) is 10.3. The smallest absolute Gasteiger partial charge is 0.305 e. The van der Waals surface area contributed by atoms with Gasteiger partial charge >= 0.3 is 5.97 Å². The first-order valence-electron chi connectivity index (χ1n) is 12.5. The highest BCUT2D eigenvalue weighted by Gasteiger charge is 2.66. The minimum atomic E-state index is -0.315. The number of aliphatic hydroxyl groups is 1. The first-order valence-corrected chi connectivity index (χ1v) is 12.5. The third kappa shape index (κ3) is 3.58. The van der Waals surface area contributed by atoms with E-state index in [0.717, 1.165) is 44.9 Å². The van der Waals surface area contributed by atoms with E-state index in [1.54, 1.807) is 0 Å². The minimum absolute atomic E-state index is 0.129. The molecule has 0 aromatic carbocycles. The monoisotopic (exact) mass is 434 g/mol. The van der Waals surface area contributed by atoms with Gasteiger partial charge in [-0.3, -0.25) is 9.59 Å². The molecule has 0 aromatic rings. The third-order valence-electron chi connectivity index (χ3n) is 10.6. The van der Waals surface area contributed by atoms with Gasteiger partial charge in [0.2, 0.25) is 0 Å². The Bertz CT molecular complexity index is 706. The molecule has 10 atom stereocenters. The van der Waals surface area contributed by atoms with E-state index in [4.69, 9.17) is 9.47 Å². The lowest BCUT2D eigenvalue weighted by Gasteiger charge is -2.62. The number of carbonyl (C=O) groups is 2. The van der Waals surface area contributed by atoms with Crippen molar-refractivity contribution < 1.29 is 24.2 Å². The lowest BCUT2D eigenvalue weighted by molar-refractivity contribution is -0.186. The lowest BCUT2D eigenvalue weighted by Crippen LogP contribution is -2.61. The molecule has 0 amide bonds. The molecule has 0 aliphatic heterocycles.